The Balaban J connectivity index is 1.49. The van der Waals surface area contributed by atoms with Gasteiger partial charge in [-0.3, -0.25) is 9.79 Å². The molecule has 10 heteroatoms. The summed E-state index contributed by atoms with van der Waals surface area (Å²) >= 11 is 2.07. The third-order valence-corrected chi connectivity index (χ3v) is 6.77. The number of aromatic hydroxyl groups is 1. The number of nitrogens with one attached hydrogen (secondary N) is 2. The van der Waals surface area contributed by atoms with Crippen LogP contribution in [0.3, 0.4) is 0 Å². The van der Waals surface area contributed by atoms with Crippen molar-refractivity contribution in [3.63, 3.8) is 0 Å². The van der Waals surface area contributed by atoms with Crippen LogP contribution >= 0.6 is 22.6 Å². The smallest absolute Gasteiger partial charge is 0.261 e. The SMILES string of the molecule is Cc1cc(-n2ccnc2)cc2[nH]c(-c3c(N=CC(CO)Cc4ccc(O)c(I)c4)cc[nH]c3=O)nc12. The Morgan fingerprint density at radius 1 is 1.25 bits per heavy atom. The summed E-state index contributed by atoms with van der Waals surface area (Å²) in [5.41, 5.74) is 4.88. The van der Waals surface area contributed by atoms with Gasteiger partial charge in [0.05, 0.1) is 33.2 Å². The number of imidazole rings is 2. The van der Waals surface area contributed by atoms with Crippen molar-refractivity contribution in [2.24, 2.45) is 10.9 Å². The molecule has 0 aliphatic rings. The van der Waals surface area contributed by atoms with E-state index in [4.69, 9.17) is 4.98 Å². The molecule has 2 aromatic carbocycles. The fraction of sp³-hybridized carbons (Fsp3) is 0.154. The van der Waals surface area contributed by atoms with E-state index >= 15 is 0 Å². The molecule has 0 aliphatic carbocycles. The van der Waals surface area contributed by atoms with E-state index in [1.165, 1.54) is 0 Å². The number of aliphatic hydroxyl groups excluding tert-OH is 1. The molecule has 1 atom stereocenters. The zero-order chi connectivity index (χ0) is 25.2. The average molecular weight is 594 g/mol. The second kappa shape index (κ2) is 10.1. The Morgan fingerprint density at radius 3 is 2.86 bits per heavy atom. The summed E-state index contributed by atoms with van der Waals surface area (Å²) in [5.74, 6) is 0.367. The number of benzene rings is 2. The molecule has 9 nitrogen and oxygen atoms in total. The van der Waals surface area contributed by atoms with Crippen molar-refractivity contribution in [1.82, 2.24) is 24.5 Å². The average Bonchev–Trinajstić information content (AvgIpc) is 3.54. The van der Waals surface area contributed by atoms with Crippen LogP contribution in [0.25, 0.3) is 28.1 Å². The molecular formula is C26H23IN6O3. The van der Waals surface area contributed by atoms with Gasteiger partial charge in [-0.05, 0) is 77.4 Å². The summed E-state index contributed by atoms with van der Waals surface area (Å²) in [6.45, 7) is 1.86. The van der Waals surface area contributed by atoms with Crippen LogP contribution in [0.4, 0.5) is 5.69 Å². The lowest BCUT2D eigenvalue weighted by atomic mass is 10.0. The van der Waals surface area contributed by atoms with Gasteiger partial charge in [0, 0.05) is 36.4 Å². The van der Waals surface area contributed by atoms with Gasteiger partial charge in [0.25, 0.3) is 5.56 Å². The number of hydrogen-bond acceptors (Lipinski definition) is 6. The predicted octanol–water partition coefficient (Wildman–Crippen LogP) is 4.28. The van der Waals surface area contributed by atoms with Crippen LogP contribution in [0.2, 0.25) is 0 Å². The molecule has 0 saturated carbocycles. The van der Waals surface area contributed by atoms with E-state index in [-0.39, 0.29) is 23.8 Å². The number of aromatic amines is 2. The number of halogens is 1. The first kappa shape index (κ1) is 23.9. The second-order valence-corrected chi connectivity index (χ2v) is 9.65. The number of aliphatic imine (C=N–C) groups is 1. The van der Waals surface area contributed by atoms with Gasteiger partial charge in [-0.1, -0.05) is 6.07 Å². The maximum atomic E-state index is 12.9. The summed E-state index contributed by atoms with van der Waals surface area (Å²) in [7, 11) is 0. The monoisotopic (exact) mass is 594 g/mol. The van der Waals surface area contributed by atoms with E-state index in [0.29, 0.717) is 23.5 Å². The minimum atomic E-state index is -0.315. The molecule has 3 aromatic heterocycles. The molecule has 0 aliphatic heterocycles. The highest BCUT2D eigenvalue weighted by Gasteiger charge is 2.16. The van der Waals surface area contributed by atoms with Crippen LogP contribution in [-0.2, 0) is 6.42 Å². The van der Waals surface area contributed by atoms with Crippen LogP contribution in [0.15, 0.2) is 71.1 Å². The highest BCUT2D eigenvalue weighted by molar-refractivity contribution is 14.1. The van der Waals surface area contributed by atoms with E-state index in [9.17, 15) is 15.0 Å². The number of H-pyrrole nitrogens is 2. The van der Waals surface area contributed by atoms with Crippen molar-refractivity contribution in [2.45, 2.75) is 13.3 Å². The van der Waals surface area contributed by atoms with E-state index in [0.717, 1.165) is 31.4 Å². The quantitative estimate of drug-likeness (QED) is 0.165. The van der Waals surface area contributed by atoms with E-state index in [2.05, 4.69) is 42.5 Å². The standard InChI is InChI=1S/C26H23IN6O3/c1-15-8-18(33-7-6-28-14-33)11-21-24(15)32-25(31-21)23-20(4-5-29-26(23)36)30-12-17(13-34)9-16-2-3-22(35)19(27)10-16/h2-8,10-12,14,17,34-35H,9,13H2,1H3,(H,29,36)(H,31,32). The van der Waals surface area contributed by atoms with E-state index in [1.807, 2.05) is 42.0 Å². The molecule has 0 spiro atoms. The zero-order valence-corrected chi connectivity index (χ0v) is 21.5. The van der Waals surface area contributed by atoms with Crippen molar-refractivity contribution < 1.29 is 10.2 Å². The number of aromatic nitrogens is 5. The number of nitrogens with zero attached hydrogens (tertiary/aromatic N) is 4. The number of fused-ring (bicyclic) bond motifs is 1. The molecule has 5 rings (SSSR count). The fourth-order valence-electron chi connectivity index (χ4n) is 4.09. The first-order valence-corrected chi connectivity index (χ1v) is 12.3. The first-order chi connectivity index (χ1) is 17.4. The van der Waals surface area contributed by atoms with Crippen LogP contribution < -0.4 is 5.56 Å². The normalized spacial score (nSPS) is 12.5. The molecule has 0 saturated heterocycles. The Labute approximate surface area is 219 Å². The lowest BCUT2D eigenvalue weighted by molar-refractivity contribution is 0.263. The van der Waals surface area contributed by atoms with E-state index in [1.54, 1.807) is 37.1 Å². The van der Waals surface area contributed by atoms with Crippen molar-refractivity contribution in [1.29, 1.82) is 0 Å². The topological polar surface area (TPSA) is 132 Å². The molecule has 5 aromatic rings. The third kappa shape index (κ3) is 4.82. The molecule has 36 heavy (non-hydrogen) atoms. The van der Waals surface area contributed by atoms with Crippen molar-refractivity contribution in [3.8, 4) is 22.8 Å². The molecule has 4 N–H and O–H groups in total. The number of phenols is 1. The van der Waals surface area contributed by atoms with Gasteiger partial charge >= 0.3 is 0 Å². The highest BCUT2D eigenvalue weighted by atomic mass is 127. The lowest BCUT2D eigenvalue weighted by Gasteiger charge is -2.10. The Bertz CT molecular complexity index is 1620. The summed E-state index contributed by atoms with van der Waals surface area (Å²) in [5, 5.41) is 19.7. The molecule has 0 fully saturated rings. The van der Waals surface area contributed by atoms with Crippen LogP contribution in [0, 0.1) is 16.4 Å². The fourth-order valence-corrected chi connectivity index (χ4v) is 4.67. The molecule has 1 unspecified atom stereocenters. The van der Waals surface area contributed by atoms with Gasteiger partial charge in [-0.15, -0.1) is 0 Å². The maximum absolute atomic E-state index is 12.9. The number of aliphatic hydroxyl groups is 1. The molecule has 3 heterocycles. The second-order valence-electron chi connectivity index (χ2n) is 8.49. The summed E-state index contributed by atoms with van der Waals surface area (Å²) in [6.07, 6.45) is 9.04. The van der Waals surface area contributed by atoms with Gasteiger partial charge in [0.1, 0.15) is 17.1 Å². The minimum Gasteiger partial charge on any atom is -0.507 e. The van der Waals surface area contributed by atoms with Crippen molar-refractivity contribution in [2.75, 3.05) is 6.61 Å². The van der Waals surface area contributed by atoms with Gasteiger partial charge in [0.15, 0.2) is 0 Å². The number of aryl methyl sites for hydroxylation is 1. The summed E-state index contributed by atoms with van der Waals surface area (Å²) in [4.78, 5) is 32.2. The first-order valence-electron chi connectivity index (χ1n) is 11.3. The maximum Gasteiger partial charge on any atom is 0.261 e. The molecule has 0 amide bonds. The van der Waals surface area contributed by atoms with Gasteiger partial charge in [-0.2, -0.15) is 0 Å². The van der Waals surface area contributed by atoms with Gasteiger partial charge in [-0.25, -0.2) is 9.97 Å². The molecule has 0 bridgehead atoms. The van der Waals surface area contributed by atoms with Crippen LogP contribution in [-0.4, -0.2) is 47.5 Å². The van der Waals surface area contributed by atoms with Crippen LogP contribution in [0.5, 0.6) is 5.75 Å². The lowest BCUT2D eigenvalue weighted by Crippen LogP contribution is -2.12. The number of rotatable bonds is 7. The summed E-state index contributed by atoms with van der Waals surface area (Å²) < 4.78 is 2.65. The Kier molecular flexibility index (Phi) is 6.70. The molecular weight excluding hydrogens is 571 g/mol. The van der Waals surface area contributed by atoms with Crippen LogP contribution in [0.1, 0.15) is 11.1 Å². The zero-order valence-electron chi connectivity index (χ0n) is 19.3. The Hall–Kier alpha value is -3.77. The van der Waals surface area contributed by atoms with E-state index < -0.39 is 0 Å². The van der Waals surface area contributed by atoms with Crippen molar-refractivity contribution in [3.05, 3.63) is 86.4 Å². The molecule has 0 radical (unpaired) electrons. The number of phenolic OH excluding ortho intramolecular Hbond substituents is 1. The number of hydrogen-bond donors (Lipinski definition) is 4. The Morgan fingerprint density at radius 2 is 2.11 bits per heavy atom. The largest absolute Gasteiger partial charge is 0.507 e. The third-order valence-electron chi connectivity index (χ3n) is 5.91. The number of pyridine rings is 1. The minimum absolute atomic E-state index is 0.111. The molecule has 182 valence electrons. The highest BCUT2D eigenvalue weighted by Crippen LogP contribution is 2.29. The van der Waals surface area contributed by atoms with Gasteiger partial charge < -0.3 is 24.7 Å². The van der Waals surface area contributed by atoms with Crippen molar-refractivity contribution >= 4 is 45.5 Å². The summed E-state index contributed by atoms with van der Waals surface area (Å²) in [6, 6.07) is 11.0. The van der Waals surface area contributed by atoms with Gasteiger partial charge in [0.2, 0.25) is 0 Å². The predicted molar refractivity (Wildman–Crippen MR) is 147 cm³/mol.